The molecule has 39 heavy (non-hydrogen) atoms. The average Bonchev–Trinajstić information content (AvgIpc) is 3.57. The molecule has 2 aromatic heterocycles. The van der Waals surface area contributed by atoms with E-state index >= 15 is 0 Å². The maximum absolute atomic E-state index is 13.2. The van der Waals surface area contributed by atoms with Gasteiger partial charge in [0.05, 0.1) is 18.3 Å². The van der Waals surface area contributed by atoms with Crippen molar-refractivity contribution in [3.8, 4) is 0 Å². The zero-order valence-electron chi connectivity index (χ0n) is 21.3. The number of aryl methyl sites for hydroxylation is 1. The quantitative estimate of drug-likeness (QED) is 0.352. The van der Waals surface area contributed by atoms with E-state index in [0.717, 1.165) is 53.0 Å². The second-order valence-electron chi connectivity index (χ2n) is 9.39. The number of rotatable bonds is 8. The molecule has 4 heterocycles. The smallest absolute Gasteiger partial charge is 0.333 e. The normalized spacial score (nSPS) is 15.8. The number of carbonyl (C=O) groups excluding carboxylic acids is 3. The summed E-state index contributed by atoms with van der Waals surface area (Å²) in [6.45, 7) is 5.75. The number of nitrogens with zero attached hydrogens (tertiary/aromatic N) is 3. The van der Waals surface area contributed by atoms with Gasteiger partial charge in [-0.25, -0.2) is 27.8 Å². The maximum Gasteiger partial charge on any atom is 0.333 e. The van der Waals surface area contributed by atoms with Crippen LogP contribution in [0.4, 0.5) is 22.0 Å². The molecular formula is C26H28N6O5S2. The number of fused-ring (bicyclic) bond motifs is 1. The number of likely N-dealkylation sites (tertiary alicyclic amines) is 1. The highest BCUT2D eigenvalue weighted by Crippen LogP contribution is 2.27. The fraction of sp³-hybridized carbons (Fsp3) is 0.308. The molecule has 1 fully saturated rings. The van der Waals surface area contributed by atoms with Gasteiger partial charge in [-0.1, -0.05) is 0 Å². The van der Waals surface area contributed by atoms with Crippen LogP contribution in [0.3, 0.4) is 0 Å². The van der Waals surface area contributed by atoms with E-state index in [-0.39, 0.29) is 22.1 Å². The number of pyridine rings is 1. The van der Waals surface area contributed by atoms with Gasteiger partial charge in [0.25, 0.3) is 15.9 Å². The molecule has 1 aromatic carbocycles. The Balaban J connectivity index is 1.21. The first-order chi connectivity index (χ1) is 18.7. The highest BCUT2D eigenvalue weighted by molar-refractivity contribution is 7.92. The minimum Gasteiger partial charge on any atom is -0.384 e. The number of benzene rings is 1. The van der Waals surface area contributed by atoms with Gasteiger partial charge in [-0.3, -0.25) is 9.59 Å². The summed E-state index contributed by atoms with van der Waals surface area (Å²) in [4.78, 5) is 46.7. The van der Waals surface area contributed by atoms with Gasteiger partial charge in [0.15, 0.2) is 0 Å². The first-order valence-corrected chi connectivity index (χ1v) is 14.8. The molecule has 3 N–H and O–H groups in total. The Morgan fingerprint density at radius 3 is 2.51 bits per heavy atom. The fourth-order valence-corrected chi connectivity index (χ4v) is 6.80. The lowest BCUT2D eigenvalue weighted by Gasteiger charge is -2.26. The van der Waals surface area contributed by atoms with Gasteiger partial charge in [0.1, 0.15) is 10.0 Å². The highest BCUT2D eigenvalue weighted by atomic mass is 32.2. The molecule has 204 valence electrons. The summed E-state index contributed by atoms with van der Waals surface area (Å²) >= 11 is 1.05. The molecule has 0 atom stereocenters. The Bertz CT molecular complexity index is 1510. The molecule has 0 saturated carbocycles. The van der Waals surface area contributed by atoms with Crippen molar-refractivity contribution in [2.24, 2.45) is 0 Å². The lowest BCUT2D eigenvalue weighted by molar-refractivity contribution is -0.117. The summed E-state index contributed by atoms with van der Waals surface area (Å²) in [7, 11) is -4.01. The molecule has 2 aliphatic heterocycles. The third-order valence-electron chi connectivity index (χ3n) is 6.53. The van der Waals surface area contributed by atoms with E-state index in [1.807, 2.05) is 16.9 Å². The van der Waals surface area contributed by atoms with Gasteiger partial charge in [-0.2, -0.15) is 0 Å². The van der Waals surface area contributed by atoms with Gasteiger partial charge < -0.3 is 15.5 Å². The number of carbonyl (C=O) groups is 3. The molecule has 11 nitrogen and oxygen atoms in total. The van der Waals surface area contributed by atoms with Crippen molar-refractivity contribution in [2.75, 3.05) is 41.7 Å². The Kier molecular flexibility index (Phi) is 7.64. The topological polar surface area (TPSA) is 141 Å². The largest absolute Gasteiger partial charge is 0.384 e. The summed E-state index contributed by atoms with van der Waals surface area (Å²) in [5.41, 5.74) is 2.14. The molecule has 0 aliphatic carbocycles. The predicted octanol–water partition coefficient (Wildman–Crippen LogP) is 3.20. The second kappa shape index (κ2) is 11.1. The summed E-state index contributed by atoms with van der Waals surface area (Å²) in [5.74, 6) is -0.783. The molecule has 0 unspecified atom stereocenters. The Morgan fingerprint density at radius 1 is 1.05 bits per heavy atom. The van der Waals surface area contributed by atoms with Crippen LogP contribution in [0.5, 0.6) is 0 Å². The summed E-state index contributed by atoms with van der Waals surface area (Å²) in [6.07, 6.45) is 3.78. The third kappa shape index (κ3) is 6.10. The van der Waals surface area contributed by atoms with E-state index in [0.29, 0.717) is 11.1 Å². The maximum atomic E-state index is 13.2. The van der Waals surface area contributed by atoms with Crippen LogP contribution in [-0.4, -0.2) is 62.3 Å². The first kappa shape index (κ1) is 26.8. The molecule has 0 spiro atoms. The zero-order valence-corrected chi connectivity index (χ0v) is 22.9. The number of imide groups is 1. The predicted molar refractivity (Wildman–Crippen MR) is 149 cm³/mol. The van der Waals surface area contributed by atoms with Crippen LogP contribution in [0.15, 0.2) is 52.9 Å². The van der Waals surface area contributed by atoms with Crippen molar-refractivity contribution in [1.29, 1.82) is 0 Å². The van der Waals surface area contributed by atoms with E-state index in [2.05, 4.69) is 20.5 Å². The van der Waals surface area contributed by atoms with Crippen LogP contribution < -0.4 is 20.3 Å². The van der Waals surface area contributed by atoms with Crippen LogP contribution in [0, 0.1) is 6.92 Å². The van der Waals surface area contributed by atoms with Crippen LogP contribution in [0.1, 0.15) is 33.6 Å². The van der Waals surface area contributed by atoms with Crippen LogP contribution in [-0.2, 0) is 21.2 Å². The minimum atomic E-state index is -4.01. The molecule has 0 radical (unpaired) electrons. The van der Waals surface area contributed by atoms with Crippen molar-refractivity contribution in [3.63, 3.8) is 0 Å². The summed E-state index contributed by atoms with van der Waals surface area (Å²) < 4.78 is 26.7. The van der Waals surface area contributed by atoms with E-state index in [9.17, 15) is 22.8 Å². The number of urea groups is 1. The number of nitrogens with one attached hydrogen (secondary N) is 3. The summed E-state index contributed by atoms with van der Waals surface area (Å²) in [5, 5.41) is 5.77. The highest BCUT2D eigenvalue weighted by Gasteiger charge is 2.33. The standard InChI is InChI=1S/C26H28N6O5S2/c1-17-4-9-24(38-17)39(36,37)30-26(35)29-20-6-8-22(28-16-20)32-23(33)15-18-14-19(5-7-21(18)25(32)34)27-10-13-31-11-2-3-12-31/h4-9,14,16,27H,2-3,10-13,15H2,1H3,(H2,29,30,35). The van der Waals surface area contributed by atoms with E-state index in [1.165, 1.54) is 37.2 Å². The second-order valence-corrected chi connectivity index (χ2v) is 12.6. The third-order valence-corrected chi connectivity index (χ3v) is 9.35. The fourth-order valence-electron chi connectivity index (χ4n) is 4.61. The Labute approximate surface area is 230 Å². The molecule has 2 aliphatic rings. The van der Waals surface area contributed by atoms with Gasteiger partial charge >= 0.3 is 6.03 Å². The molecule has 5 rings (SSSR count). The van der Waals surface area contributed by atoms with Crippen molar-refractivity contribution >= 4 is 56.4 Å². The number of hydrogen-bond donors (Lipinski definition) is 3. The van der Waals surface area contributed by atoms with Gasteiger partial charge in [0, 0.05) is 29.2 Å². The number of amides is 4. The molecule has 13 heteroatoms. The van der Waals surface area contributed by atoms with Crippen molar-refractivity contribution in [1.82, 2.24) is 14.6 Å². The summed E-state index contributed by atoms with van der Waals surface area (Å²) in [6, 6.07) is 10.4. The van der Waals surface area contributed by atoms with Crippen molar-refractivity contribution in [2.45, 2.75) is 30.4 Å². The number of thiophene rings is 1. The van der Waals surface area contributed by atoms with E-state index < -0.39 is 27.9 Å². The SMILES string of the molecule is Cc1ccc(S(=O)(=O)NC(=O)Nc2ccc(N3C(=O)Cc4cc(NCCN5CCCC5)ccc4C3=O)nc2)s1. The molecule has 1 saturated heterocycles. The lowest BCUT2D eigenvalue weighted by Crippen LogP contribution is -2.43. The van der Waals surface area contributed by atoms with Crippen LogP contribution in [0.25, 0.3) is 0 Å². The monoisotopic (exact) mass is 568 g/mol. The number of sulfonamides is 1. The van der Waals surface area contributed by atoms with Crippen molar-refractivity contribution in [3.05, 3.63) is 64.7 Å². The number of hydrogen-bond acceptors (Lipinski definition) is 9. The molecule has 0 bridgehead atoms. The van der Waals surface area contributed by atoms with E-state index in [1.54, 1.807) is 19.1 Å². The molecule has 3 aromatic rings. The number of anilines is 3. The van der Waals surface area contributed by atoms with Crippen molar-refractivity contribution < 1.29 is 22.8 Å². The molecule has 4 amide bonds. The number of aromatic nitrogens is 1. The zero-order chi connectivity index (χ0) is 27.6. The van der Waals surface area contributed by atoms with E-state index in [4.69, 9.17) is 0 Å². The molecular weight excluding hydrogens is 540 g/mol. The lowest BCUT2D eigenvalue weighted by atomic mass is 9.97. The average molecular weight is 569 g/mol. The first-order valence-electron chi connectivity index (χ1n) is 12.5. The van der Waals surface area contributed by atoms with Gasteiger partial charge in [0.2, 0.25) is 5.91 Å². The Hall–Kier alpha value is -3.81. The minimum absolute atomic E-state index is 0.0241. The van der Waals surface area contributed by atoms with Crippen LogP contribution in [0.2, 0.25) is 0 Å². The Morgan fingerprint density at radius 2 is 1.82 bits per heavy atom. The van der Waals surface area contributed by atoms with Crippen LogP contribution >= 0.6 is 11.3 Å². The van der Waals surface area contributed by atoms with Gasteiger partial charge in [-0.05, 0) is 80.9 Å². The van der Waals surface area contributed by atoms with Gasteiger partial charge in [-0.15, -0.1) is 11.3 Å².